The lowest BCUT2D eigenvalue weighted by Crippen LogP contribution is -2.44. The average Bonchev–Trinajstić information content (AvgIpc) is 2.01. The Morgan fingerprint density at radius 3 is 2.20 bits per heavy atom. The van der Waals surface area contributed by atoms with Gasteiger partial charge in [0.1, 0.15) is 6.23 Å². The first kappa shape index (κ1) is 9.84. The minimum absolute atomic E-state index is 0.155. The van der Waals surface area contributed by atoms with E-state index in [1.54, 1.807) is 12.4 Å². The molecule has 4 heteroatoms. The standard InChI is InChI=1S/C6H15NO3/c1-3-6(2,4-8)5(9)7-10/h5,7-10H,3-4H2,1-2H3. The van der Waals surface area contributed by atoms with Crippen LogP contribution in [-0.4, -0.2) is 28.3 Å². The van der Waals surface area contributed by atoms with Gasteiger partial charge in [0.2, 0.25) is 0 Å². The Morgan fingerprint density at radius 2 is 2.10 bits per heavy atom. The summed E-state index contributed by atoms with van der Waals surface area (Å²) in [4.78, 5) is 0. The van der Waals surface area contributed by atoms with Gasteiger partial charge in [0.25, 0.3) is 0 Å². The molecule has 0 spiro atoms. The quantitative estimate of drug-likeness (QED) is 0.327. The van der Waals surface area contributed by atoms with Gasteiger partial charge >= 0.3 is 0 Å². The third-order valence-corrected chi connectivity index (χ3v) is 1.95. The molecule has 0 heterocycles. The smallest absolute Gasteiger partial charge is 0.134 e. The molecular formula is C6H15NO3. The molecule has 0 aromatic heterocycles. The van der Waals surface area contributed by atoms with Gasteiger partial charge < -0.3 is 15.4 Å². The Kier molecular flexibility index (Phi) is 3.81. The van der Waals surface area contributed by atoms with E-state index < -0.39 is 11.6 Å². The fourth-order valence-corrected chi connectivity index (χ4v) is 0.547. The fourth-order valence-electron chi connectivity index (χ4n) is 0.547. The van der Waals surface area contributed by atoms with Crippen LogP contribution in [0.2, 0.25) is 0 Å². The van der Waals surface area contributed by atoms with Crippen LogP contribution in [0.25, 0.3) is 0 Å². The first-order chi connectivity index (χ1) is 4.60. The normalized spacial score (nSPS) is 20.1. The minimum Gasteiger partial charge on any atom is -0.396 e. The molecule has 0 amide bonds. The number of aliphatic hydroxyl groups excluding tert-OH is 2. The molecule has 0 aromatic carbocycles. The number of hydroxylamine groups is 1. The van der Waals surface area contributed by atoms with Crippen molar-refractivity contribution in [1.82, 2.24) is 5.48 Å². The summed E-state index contributed by atoms with van der Waals surface area (Å²) in [6.45, 7) is 3.36. The third-order valence-electron chi connectivity index (χ3n) is 1.95. The van der Waals surface area contributed by atoms with Crippen molar-refractivity contribution >= 4 is 0 Å². The molecular weight excluding hydrogens is 134 g/mol. The molecule has 4 N–H and O–H groups in total. The van der Waals surface area contributed by atoms with Gasteiger partial charge in [0.05, 0.1) is 6.61 Å². The predicted molar refractivity (Wildman–Crippen MR) is 36.4 cm³/mol. The zero-order valence-electron chi connectivity index (χ0n) is 6.33. The molecule has 0 aliphatic rings. The highest BCUT2D eigenvalue weighted by atomic mass is 16.5. The molecule has 4 nitrogen and oxygen atoms in total. The molecule has 2 unspecified atom stereocenters. The van der Waals surface area contributed by atoms with Crippen molar-refractivity contribution in [3.8, 4) is 0 Å². The van der Waals surface area contributed by atoms with Crippen LogP contribution in [0.15, 0.2) is 0 Å². The lowest BCUT2D eigenvalue weighted by atomic mass is 9.87. The fraction of sp³-hybridized carbons (Fsp3) is 1.00. The van der Waals surface area contributed by atoms with E-state index in [1.165, 1.54) is 0 Å². The third kappa shape index (κ3) is 1.91. The molecule has 0 bridgehead atoms. The maximum atomic E-state index is 9.06. The van der Waals surface area contributed by atoms with E-state index in [9.17, 15) is 0 Å². The van der Waals surface area contributed by atoms with Crippen LogP contribution in [0.4, 0.5) is 0 Å². The van der Waals surface area contributed by atoms with E-state index in [4.69, 9.17) is 15.4 Å². The van der Waals surface area contributed by atoms with Gasteiger partial charge in [-0.25, -0.2) is 0 Å². The second-order valence-corrected chi connectivity index (χ2v) is 2.70. The molecule has 62 valence electrons. The van der Waals surface area contributed by atoms with Crippen LogP contribution in [-0.2, 0) is 0 Å². The van der Waals surface area contributed by atoms with Crippen molar-refractivity contribution in [1.29, 1.82) is 0 Å². The van der Waals surface area contributed by atoms with E-state index in [2.05, 4.69) is 0 Å². The Balaban J connectivity index is 4.02. The molecule has 0 aromatic rings. The van der Waals surface area contributed by atoms with Crippen molar-refractivity contribution in [2.45, 2.75) is 26.5 Å². The molecule has 0 saturated carbocycles. The molecule has 0 aliphatic heterocycles. The molecule has 10 heavy (non-hydrogen) atoms. The highest BCUT2D eigenvalue weighted by molar-refractivity contribution is 4.76. The molecule has 0 fully saturated rings. The van der Waals surface area contributed by atoms with Gasteiger partial charge in [-0.15, -0.1) is 0 Å². The summed E-state index contributed by atoms with van der Waals surface area (Å²) in [5, 5.41) is 26.2. The van der Waals surface area contributed by atoms with Crippen molar-refractivity contribution in [3.63, 3.8) is 0 Å². The van der Waals surface area contributed by atoms with E-state index in [0.29, 0.717) is 6.42 Å². The predicted octanol–water partition coefficient (Wildman–Crippen LogP) is -0.308. The van der Waals surface area contributed by atoms with Gasteiger partial charge in [-0.1, -0.05) is 13.8 Å². The second-order valence-electron chi connectivity index (χ2n) is 2.70. The number of hydrogen-bond acceptors (Lipinski definition) is 4. The summed E-state index contributed by atoms with van der Waals surface area (Å²) in [6, 6.07) is 0. The number of rotatable bonds is 4. The summed E-state index contributed by atoms with van der Waals surface area (Å²) in [5.74, 6) is 0. The topological polar surface area (TPSA) is 72.7 Å². The zero-order chi connectivity index (χ0) is 8.20. The molecule has 0 aliphatic carbocycles. The highest BCUT2D eigenvalue weighted by Crippen LogP contribution is 2.22. The molecule has 0 radical (unpaired) electrons. The Bertz CT molecular complexity index is 93.0. The number of aliphatic hydroxyl groups is 2. The Morgan fingerprint density at radius 1 is 1.60 bits per heavy atom. The van der Waals surface area contributed by atoms with E-state index in [0.717, 1.165) is 0 Å². The van der Waals surface area contributed by atoms with Crippen LogP contribution >= 0.6 is 0 Å². The van der Waals surface area contributed by atoms with Crippen molar-refractivity contribution in [3.05, 3.63) is 0 Å². The SMILES string of the molecule is CCC(C)(CO)C(O)NO. The summed E-state index contributed by atoms with van der Waals surface area (Å²) in [6.07, 6.45) is -0.472. The van der Waals surface area contributed by atoms with Crippen LogP contribution in [0.3, 0.4) is 0 Å². The second kappa shape index (κ2) is 3.88. The van der Waals surface area contributed by atoms with E-state index in [-0.39, 0.29) is 6.61 Å². The Hall–Kier alpha value is -0.160. The van der Waals surface area contributed by atoms with Crippen LogP contribution in [0, 0.1) is 5.41 Å². The lowest BCUT2D eigenvalue weighted by molar-refractivity contribution is -0.0942. The highest BCUT2D eigenvalue weighted by Gasteiger charge is 2.29. The molecule has 2 atom stereocenters. The van der Waals surface area contributed by atoms with Crippen LogP contribution < -0.4 is 5.48 Å². The van der Waals surface area contributed by atoms with E-state index >= 15 is 0 Å². The molecule has 0 saturated heterocycles. The maximum Gasteiger partial charge on any atom is 0.134 e. The number of nitrogens with one attached hydrogen (secondary N) is 1. The lowest BCUT2D eigenvalue weighted by Gasteiger charge is -2.29. The first-order valence-corrected chi connectivity index (χ1v) is 3.29. The zero-order valence-corrected chi connectivity index (χ0v) is 6.33. The molecule has 0 rings (SSSR count). The number of hydrogen-bond donors (Lipinski definition) is 4. The van der Waals surface area contributed by atoms with Gasteiger partial charge in [-0.2, -0.15) is 5.48 Å². The maximum absolute atomic E-state index is 9.06. The minimum atomic E-state index is -1.07. The van der Waals surface area contributed by atoms with Crippen molar-refractivity contribution in [2.75, 3.05) is 6.61 Å². The van der Waals surface area contributed by atoms with Gasteiger partial charge in [0.15, 0.2) is 0 Å². The average molecular weight is 149 g/mol. The summed E-state index contributed by atoms with van der Waals surface area (Å²) in [5.41, 5.74) is 1.04. The summed E-state index contributed by atoms with van der Waals surface area (Å²) < 4.78 is 0. The van der Waals surface area contributed by atoms with Gasteiger partial charge in [0, 0.05) is 5.41 Å². The first-order valence-electron chi connectivity index (χ1n) is 3.29. The van der Waals surface area contributed by atoms with Crippen LogP contribution in [0.1, 0.15) is 20.3 Å². The summed E-state index contributed by atoms with van der Waals surface area (Å²) >= 11 is 0. The van der Waals surface area contributed by atoms with Gasteiger partial charge in [-0.3, -0.25) is 0 Å². The summed E-state index contributed by atoms with van der Waals surface area (Å²) in [7, 11) is 0. The van der Waals surface area contributed by atoms with E-state index in [1.807, 2.05) is 6.92 Å². The van der Waals surface area contributed by atoms with Crippen molar-refractivity contribution < 1.29 is 15.4 Å². The van der Waals surface area contributed by atoms with Crippen molar-refractivity contribution in [2.24, 2.45) is 5.41 Å². The van der Waals surface area contributed by atoms with Crippen LogP contribution in [0.5, 0.6) is 0 Å². The Labute approximate surface area is 60.5 Å². The largest absolute Gasteiger partial charge is 0.396 e. The van der Waals surface area contributed by atoms with Gasteiger partial charge in [-0.05, 0) is 6.42 Å². The monoisotopic (exact) mass is 149 g/mol.